The second kappa shape index (κ2) is 6.02. The Morgan fingerprint density at radius 3 is 2.71 bits per heavy atom. The lowest BCUT2D eigenvalue weighted by molar-refractivity contribution is -0.144. The van der Waals surface area contributed by atoms with E-state index in [1.807, 2.05) is 23.9 Å². The maximum atomic E-state index is 12.9. The summed E-state index contributed by atoms with van der Waals surface area (Å²) in [4.78, 5) is 10.9. The van der Waals surface area contributed by atoms with Gasteiger partial charge in [-0.05, 0) is 26.9 Å². The Kier molecular flexibility index (Phi) is 4.52. The first-order chi connectivity index (χ1) is 9.81. The molecule has 1 saturated heterocycles. The van der Waals surface area contributed by atoms with Gasteiger partial charge in [0.05, 0.1) is 0 Å². The van der Waals surface area contributed by atoms with Gasteiger partial charge in [0.1, 0.15) is 11.6 Å². The van der Waals surface area contributed by atoms with Gasteiger partial charge in [-0.2, -0.15) is 13.2 Å². The van der Waals surface area contributed by atoms with Gasteiger partial charge in [0.15, 0.2) is 0 Å². The van der Waals surface area contributed by atoms with E-state index in [-0.39, 0.29) is 17.7 Å². The zero-order valence-electron chi connectivity index (χ0n) is 12.0. The Bertz CT molecular complexity index is 490. The molecule has 9 heteroatoms. The van der Waals surface area contributed by atoms with Crippen molar-refractivity contribution in [2.24, 2.45) is 5.84 Å². The molecule has 1 unspecified atom stereocenters. The molecule has 1 aromatic rings. The molecule has 1 aliphatic rings. The molecular weight excluding hydrogens is 285 g/mol. The smallest absolute Gasteiger partial charge is 0.352 e. The average molecular weight is 304 g/mol. The van der Waals surface area contributed by atoms with Crippen molar-refractivity contribution in [2.45, 2.75) is 25.1 Å². The second-order valence-electron chi connectivity index (χ2n) is 5.33. The first kappa shape index (κ1) is 15.8. The SMILES string of the molecule is CN(C)CC1CCCN1c1cc(NN)nc(C(F)(F)F)n1. The Hall–Kier alpha value is -1.61. The minimum Gasteiger partial charge on any atom is -0.352 e. The lowest BCUT2D eigenvalue weighted by atomic mass is 10.2. The minimum absolute atomic E-state index is 0.0390. The molecule has 0 bridgehead atoms. The second-order valence-corrected chi connectivity index (χ2v) is 5.33. The summed E-state index contributed by atoms with van der Waals surface area (Å²) in [5, 5.41) is 0. The van der Waals surface area contributed by atoms with Crippen molar-refractivity contribution in [3.63, 3.8) is 0 Å². The van der Waals surface area contributed by atoms with E-state index in [0.717, 1.165) is 19.4 Å². The van der Waals surface area contributed by atoms with Crippen molar-refractivity contribution in [2.75, 3.05) is 37.5 Å². The van der Waals surface area contributed by atoms with Crippen molar-refractivity contribution < 1.29 is 13.2 Å². The van der Waals surface area contributed by atoms with Crippen LogP contribution in [0, 0.1) is 0 Å². The first-order valence-corrected chi connectivity index (χ1v) is 6.65. The van der Waals surface area contributed by atoms with Crippen LogP contribution in [0.3, 0.4) is 0 Å². The number of hydrogen-bond donors (Lipinski definition) is 2. The van der Waals surface area contributed by atoms with Gasteiger partial charge in [-0.25, -0.2) is 15.8 Å². The molecule has 0 saturated carbocycles. The lowest BCUT2D eigenvalue weighted by Gasteiger charge is -2.28. The Morgan fingerprint density at radius 2 is 2.14 bits per heavy atom. The maximum absolute atomic E-state index is 12.9. The number of hydrogen-bond acceptors (Lipinski definition) is 6. The van der Waals surface area contributed by atoms with Crippen LogP contribution in [0.5, 0.6) is 0 Å². The molecule has 1 aliphatic heterocycles. The predicted molar refractivity (Wildman–Crippen MR) is 73.8 cm³/mol. The third-order valence-corrected chi connectivity index (χ3v) is 3.36. The molecule has 3 N–H and O–H groups in total. The van der Waals surface area contributed by atoms with Crippen LogP contribution in [0.4, 0.5) is 24.8 Å². The normalized spacial score (nSPS) is 19.4. The monoisotopic (exact) mass is 304 g/mol. The number of nitrogens with zero attached hydrogens (tertiary/aromatic N) is 4. The quantitative estimate of drug-likeness (QED) is 0.646. The van der Waals surface area contributed by atoms with Crippen molar-refractivity contribution in [1.29, 1.82) is 0 Å². The fourth-order valence-electron chi connectivity index (χ4n) is 2.53. The summed E-state index contributed by atoms with van der Waals surface area (Å²) in [6.07, 6.45) is -2.75. The molecule has 21 heavy (non-hydrogen) atoms. The molecule has 2 heterocycles. The summed E-state index contributed by atoms with van der Waals surface area (Å²) < 4.78 is 38.6. The molecule has 0 aliphatic carbocycles. The highest BCUT2D eigenvalue weighted by Gasteiger charge is 2.37. The van der Waals surface area contributed by atoms with Crippen molar-refractivity contribution in [3.8, 4) is 0 Å². The third kappa shape index (κ3) is 3.73. The van der Waals surface area contributed by atoms with E-state index in [1.54, 1.807) is 0 Å². The van der Waals surface area contributed by atoms with Gasteiger partial charge in [0, 0.05) is 25.2 Å². The maximum Gasteiger partial charge on any atom is 0.451 e. The van der Waals surface area contributed by atoms with Gasteiger partial charge in [0.2, 0.25) is 5.82 Å². The topological polar surface area (TPSA) is 70.3 Å². The van der Waals surface area contributed by atoms with Gasteiger partial charge < -0.3 is 15.2 Å². The number of rotatable bonds is 4. The number of alkyl halides is 3. The van der Waals surface area contributed by atoms with E-state index < -0.39 is 12.0 Å². The number of nitrogen functional groups attached to an aromatic ring is 1. The molecule has 2 rings (SSSR count). The van der Waals surface area contributed by atoms with E-state index >= 15 is 0 Å². The highest BCUT2D eigenvalue weighted by atomic mass is 19.4. The molecular formula is C12H19F3N6. The van der Waals surface area contributed by atoms with Crippen molar-refractivity contribution >= 4 is 11.6 Å². The van der Waals surface area contributed by atoms with Crippen molar-refractivity contribution in [1.82, 2.24) is 14.9 Å². The largest absolute Gasteiger partial charge is 0.451 e. The summed E-state index contributed by atoms with van der Waals surface area (Å²) in [5.41, 5.74) is 2.17. The van der Waals surface area contributed by atoms with Crippen LogP contribution in [0.1, 0.15) is 18.7 Å². The molecule has 0 amide bonds. The summed E-state index contributed by atoms with van der Waals surface area (Å²) in [6.45, 7) is 1.44. The highest BCUT2D eigenvalue weighted by molar-refractivity contribution is 5.50. The van der Waals surface area contributed by atoms with Crippen LogP contribution < -0.4 is 16.2 Å². The Balaban J connectivity index is 2.33. The van der Waals surface area contributed by atoms with Gasteiger partial charge >= 0.3 is 6.18 Å². The zero-order valence-corrected chi connectivity index (χ0v) is 12.0. The standard InChI is InChI=1S/C12H19F3N6/c1-20(2)7-8-4-3-5-21(8)10-6-9(19-16)17-11(18-10)12(13,14)15/h6,8H,3-5,7,16H2,1-2H3,(H,17,18,19). The van der Waals surface area contributed by atoms with Gasteiger partial charge in [-0.1, -0.05) is 0 Å². The molecule has 1 aromatic heterocycles. The fourth-order valence-corrected chi connectivity index (χ4v) is 2.53. The molecule has 1 fully saturated rings. The van der Waals surface area contributed by atoms with Crippen LogP contribution in [-0.2, 0) is 6.18 Å². The Morgan fingerprint density at radius 1 is 1.43 bits per heavy atom. The number of anilines is 2. The molecule has 0 aromatic carbocycles. The lowest BCUT2D eigenvalue weighted by Crippen LogP contribution is -2.38. The molecule has 118 valence electrons. The Labute approximate surface area is 121 Å². The molecule has 0 radical (unpaired) electrons. The van der Waals surface area contributed by atoms with Crippen molar-refractivity contribution in [3.05, 3.63) is 11.9 Å². The third-order valence-electron chi connectivity index (χ3n) is 3.36. The summed E-state index contributed by atoms with van der Waals surface area (Å²) in [7, 11) is 3.87. The van der Waals surface area contributed by atoms with Gasteiger partial charge in [0.25, 0.3) is 0 Å². The van der Waals surface area contributed by atoms with E-state index in [9.17, 15) is 13.2 Å². The summed E-state index contributed by atoms with van der Waals surface area (Å²) >= 11 is 0. The predicted octanol–water partition coefficient (Wildman–Crippen LogP) is 1.31. The van der Waals surface area contributed by atoms with E-state index in [1.165, 1.54) is 6.07 Å². The summed E-state index contributed by atoms with van der Waals surface area (Å²) in [6, 6.07) is 1.59. The number of likely N-dealkylation sites (N-methyl/N-ethyl adjacent to an activating group) is 1. The van der Waals surface area contributed by atoms with Crippen LogP contribution in [0.2, 0.25) is 0 Å². The molecule has 1 atom stereocenters. The number of nitrogens with one attached hydrogen (secondary N) is 1. The first-order valence-electron chi connectivity index (χ1n) is 6.65. The van der Waals surface area contributed by atoms with E-state index in [0.29, 0.717) is 6.54 Å². The number of hydrazine groups is 1. The van der Waals surface area contributed by atoms with Gasteiger partial charge in [-0.3, -0.25) is 0 Å². The highest BCUT2D eigenvalue weighted by Crippen LogP contribution is 2.31. The number of halogens is 3. The average Bonchev–Trinajstić information content (AvgIpc) is 2.84. The number of aromatic nitrogens is 2. The van der Waals surface area contributed by atoms with Gasteiger partial charge in [-0.15, -0.1) is 0 Å². The van der Waals surface area contributed by atoms with E-state index in [2.05, 4.69) is 15.4 Å². The van der Waals surface area contributed by atoms with Crippen LogP contribution >= 0.6 is 0 Å². The van der Waals surface area contributed by atoms with Crippen LogP contribution in [0.25, 0.3) is 0 Å². The minimum atomic E-state index is -4.60. The fraction of sp³-hybridized carbons (Fsp3) is 0.667. The van der Waals surface area contributed by atoms with E-state index in [4.69, 9.17) is 5.84 Å². The van der Waals surface area contributed by atoms with Crippen LogP contribution in [-0.4, -0.2) is 48.1 Å². The summed E-state index contributed by atoms with van der Waals surface area (Å²) in [5.74, 6) is 4.25. The number of nitrogens with two attached hydrogens (primary N) is 1. The zero-order chi connectivity index (χ0) is 15.6. The molecule has 6 nitrogen and oxygen atoms in total. The van der Waals surface area contributed by atoms with Crippen LogP contribution in [0.15, 0.2) is 6.07 Å². The molecule has 0 spiro atoms.